The van der Waals surface area contributed by atoms with Crippen LogP contribution in [0.15, 0.2) is 6.20 Å². The highest BCUT2D eigenvalue weighted by atomic mass is 35.5. The summed E-state index contributed by atoms with van der Waals surface area (Å²) in [6.45, 7) is -0.458. The Morgan fingerprint density at radius 2 is 2.00 bits per heavy atom. The molecule has 2 aliphatic rings. The molecule has 1 aliphatic carbocycles. The van der Waals surface area contributed by atoms with Gasteiger partial charge in [-0.25, -0.2) is 13.2 Å². The standard InChI is InChI=1S/C16H19ClF3N4O7P/c17-15-22-12(21-6-1-16(19,20)2-6)9-7(18)3-24(13(9)23-15)14-11(26)10(25)8(31-14)4-30-5-32(27,28)29/h3,6,8,10-11,14,25-26H,1-2,4-5H2,(H,21,22,23)(H2,27,28,29)/t8-,10-,11-,14-/m1/s1. The zero-order chi connectivity index (χ0) is 23.4. The summed E-state index contributed by atoms with van der Waals surface area (Å²) in [5.74, 6) is -3.77. The third-order valence-corrected chi connectivity index (χ3v) is 5.87. The Labute approximate surface area is 183 Å². The second-order valence-corrected chi connectivity index (χ2v) is 9.67. The van der Waals surface area contributed by atoms with Crippen molar-refractivity contribution in [2.75, 3.05) is 18.3 Å². The Balaban J connectivity index is 1.58. The third-order valence-electron chi connectivity index (χ3n) is 5.18. The van der Waals surface area contributed by atoms with Crippen LogP contribution in [0.1, 0.15) is 19.1 Å². The predicted octanol–water partition coefficient (Wildman–Crippen LogP) is 1.20. The number of hydrogen-bond donors (Lipinski definition) is 5. The molecule has 0 unspecified atom stereocenters. The van der Waals surface area contributed by atoms with E-state index >= 15 is 0 Å². The van der Waals surface area contributed by atoms with Gasteiger partial charge < -0.3 is 39.4 Å². The molecular formula is C16H19ClF3N4O7P. The zero-order valence-corrected chi connectivity index (χ0v) is 17.8. The van der Waals surface area contributed by atoms with Crippen LogP contribution in [-0.2, 0) is 14.0 Å². The number of alkyl halides is 2. The third kappa shape index (κ3) is 4.73. The van der Waals surface area contributed by atoms with Gasteiger partial charge in [0.05, 0.1) is 12.0 Å². The molecule has 4 rings (SSSR count). The Bertz CT molecular complexity index is 1060. The van der Waals surface area contributed by atoms with Crippen LogP contribution in [0.2, 0.25) is 5.28 Å². The predicted molar refractivity (Wildman–Crippen MR) is 103 cm³/mol. The van der Waals surface area contributed by atoms with Crippen LogP contribution in [0.5, 0.6) is 0 Å². The van der Waals surface area contributed by atoms with E-state index in [4.69, 9.17) is 30.9 Å². The molecule has 3 heterocycles. The molecule has 1 aliphatic heterocycles. The molecule has 5 N–H and O–H groups in total. The summed E-state index contributed by atoms with van der Waals surface area (Å²) in [7, 11) is -4.45. The van der Waals surface area contributed by atoms with Gasteiger partial charge in [-0.15, -0.1) is 0 Å². The average Bonchev–Trinajstić information content (AvgIpc) is 3.10. The van der Waals surface area contributed by atoms with Crippen LogP contribution in [0.4, 0.5) is 19.0 Å². The molecule has 32 heavy (non-hydrogen) atoms. The van der Waals surface area contributed by atoms with E-state index in [1.54, 1.807) is 0 Å². The van der Waals surface area contributed by atoms with Gasteiger partial charge in [0.15, 0.2) is 17.7 Å². The van der Waals surface area contributed by atoms with Crippen LogP contribution >= 0.6 is 19.2 Å². The molecule has 4 atom stereocenters. The Morgan fingerprint density at radius 1 is 1.31 bits per heavy atom. The first-order chi connectivity index (χ1) is 14.8. The van der Waals surface area contributed by atoms with Gasteiger partial charge in [0, 0.05) is 25.1 Å². The van der Waals surface area contributed by atoms with Crippen molar-refractivity contribution < 1.29 is 47.2 Å². The first-order valence-corrected chi connectivity index (χ1v) is 11.5. The number of hydrogen-bond acceptors (Lipinski definition) is 8. The zero-order valence-electron chi connectivity index (χ0n) is 16.1. The van der Waals surface area contributed by atoms with Gasteiger partial charge in [0.2, 0.25) is 5.28 Å². The first-order valence-electron chi connectivity index (χ1n) is 9.36. The Morgan fingerprint density at radius 3 is 2.62 bits per heavy atom. The van der Waals surface area contributed by atoms with E-state index in [1.807, 2.05) is 0 Å². The number of aliphatic hydroxyl groups is 2. The van der Waals surface area contributed by atoms with Crippen LogP contribution in [0.3, 0.4) is 0 Å². The molecule has 1 saturated carbocycles. The fraction of sp³-hybridized carbons (Fsp3) is 0.625. The smallest absolute Gasteiger partial charge is 0.350 e. The lowest BCUT2D eigenvalue weighted by Gasteiger charge is -2.35. The van der Waals surface area contributed by atoms with Gasteiger partial charge in [0.25, 0.3) is 5.92 Å². The Kier molecular flexibility index (Phi) is 6.18. The highest BCUT2D eigenvalue weighted by Gasteiger charge is 2.47. The minimum atomic E-state index is -4.45. The van der Waals surface area contributed by atoms with E-state index in [-0.39, 0.29) is 22.1 Å². The van der Waals surface area contributed by atoms with Crippen LogP contribution in [0, 0.1) is 5.82 Å². The fourth-order valence-corrected chi connectivity index (χ4v) is 4.22. The molecule has 0 bridgehead atoms. The molecule has 1 saturated heterocycles. The van der Waals surface area contributed by atoms with Crippen LogP contribution < -0.4 is 5.32 Å². The summed E-state index contributed by atoms with van der Waals surface area (Å²) in [6, 6.07) is -0.646. The highest BCUT2D eigenvalue weighted by Crippen LogP contribution is 2.41. The molecule has 2 aromatic heterocycles. The minimum absolute atomic E-state index is 0.105. The molecule has 0 radical (unpaired) electrons. The Hall–Kier alpha value is -1.51. The van der Waals surface area contributed by atoms with Crippen molar-refractivity contribution in [3.05, 3.63) is 17.3 Å². The van der Waals surface area contributed by atoms with Crippen molar-refractivity contribution in [3.8, 4) is 0 Å². The molecule has 0 amide bonds. The maximum absolute atomic E-state index is 14.8. The fourth-order valence-electron chi connectivity index (χ4n) is 3.72. The van der Waals surface area contributed by atoms with Gasteiger partial charge in [0.1, 0.15) is 30.5 Å². The van der Waals surface area contributed by atoms with E-state index in [1.165, 1.54) is 0 Å². The topological polar surface area (TPSA) is 159 Å². The van der Waals surface area contributed by atoms with E-state index in [2.05, 4.69) is 15.3 Å². The van der Waals surface area contributed by atoms with E-state index in [0.29, 0.717) is 0 Å². The SMILES string of the molecule is O=P(O)(O)COC[C@H]1O[C@@H](n2cc(F)c3c(NC4CC(F)(F)C4)nc(Cl)nc32)[C@H](O)[C@@H]1O. The van der Waals surface area contributed by atoms with Gasteiger partial charge in [-0.1, -0.05) is 0 Å². The molecule has 0 aromatic carbocycles. The van der Waals surface area contributed by atoms with Crippen molar-refractivity contribution in [1.29, 1.82) is 0 Å². The normalized spacial score (nSPS) is 28.2. The van der Waals surface area contributed by atoms with Gasteiger partial charge in [-0.3, -0.25) is 4.57 Å². The molecule has 178 valence electrons. The highest BCUT2D eigenvalue weighted by molar-refractivity contribution is 7.51. The van der Waals surface area contributed by atoms with Crippen LogP contribution in [0.25, 0.3) is 11.0 Å². The quantitative estimate of drug-likeness (QED) is 0.275. The first kappa shape index (κ1) is 23.6. The average molecular weight is 503 g/mol. The number of ether oxygens (including phenoxy) is 2. The van der Waals surface area contributed by atoms with Crippen molar-refractivity contribution >= 4 is 36.0 Å². The monoisotopic (exact) mass is 502 g/mol. The minimum Gasteiger partial charge on any atom is -0.387 e. The van der Waals surface area contributed by atoms with Crippen molar-refractivity contribution in [2.24, 2.45) is 0 Å². The maximum atomic E-state index is 14.8. The largest absolute Gasteiger partial charge is 0.387 e. The summed E-state index contributed by atoms with van der Waals surface area (Å²) in [4.78, 5) is 25.5. The molecular weight excluding hydrogens is 484 g/mol. The van der Waals surface area contributed by atoms with Gasteiger partial charge in [-0.05, 0) is 11.6 Å². The number of rotatable bonds is 7. The lowest BCUT2D eigenvalue weighted by atomic mass is 9.88. The molecule has 11 nitrogen and oxygen atoms in total. The molecule has 2 fully saturated rings. The van der Waals surface area contributed by atoms with E-state index < -0.39 is 75.7 Å². The van der Waals surface area contributed by atoms with Crippen LogP contribution in [-0.4, -0.2) is 77.8 Å². The van der Waals surface area contributed by atoms with E-state index in [0.717, 1.165) is 10.8 Å². The molecule has 0 spiro atoms. The lowest BCUT2D eigenvalue weighted by molar-refractivity contribution is -0.0793. The number of aliphatic hydroxyl groups excluding tert-OH is 2. The summed E-state index contributed by atoms with van der Waals surface area (Å²) in [6.07, 6.45) is -6.54. The summed E-state index contributed by atoms with van der Waals surface area (Å²) in [5.41, 5.74) is -0.121. The number of nitrogens with one attached hydrogen (secondary N) is 1. The second-order valence-electron chi connectivity index (χ2n) is 7.74. The number of nitrogens with zero attached hydrogens (tertiary/aromatic N) is 3. The number of anilines is 1. The van der Waals surface area contributed by atoms with Crippen molar-refractivity contribution in [2.45, 2.75) is 49.3 Å². The second kappa shape index (κ2) is 8.37. The summed E-state index contributed by atoms with van der Waals surface area (Å²) >= 11 is 5.92. The van der Waals surface area contributed by atoms with Crippen molar-refractivity contribution in [1.82, 2.24) is 14.5 Å². The number of fused-ring (bicyclic) bond motifs is 1. The van der Waals surface area contributed by atoms with Gasteiger partial charge in [-0.2, -0.15) is 9.97 Å². The maximum Gasteiger partial charge on any atom is 0.350 e. The van der Waals surface area contributed by atoms with Crippen molar-refractivity contribution in [3.63, 3.8) is 0 Å². The summed E-state index contributed by atoms with van der Waals surface area (Å²) < 4.78 is 63.4. The van der Waals surface area contributed by atoms with Gasteiger partial charge >= 0.3 is 7.60 Å². The lowest BCUT2D eigenvalue weighted by Crippen LogP contribution is -2.44. The summed E-state index contributed by atoms with van der Waals surface area (Å²) in [5, 5.41) is 22.8. The van der Waals surface area contributed by atoms with E-state index in [9.17, 15) is 27.9 Å². The number of halogens is 4. The number of aromatic nitrogens is 3. The molecule has 16 heteroatoms. The molecule has 2 aromatic rings.